The Kier molecular flexibility index (Phi) is 6.06. The average molecular weight is 321 g/mol. The van der Waals surface area contributed by atoms with Crippen LogP contribution >= 0.6 is 0 Å². The first-order valence-electron chi connectivity index (χ1n) is 7.82. The van der Waals surface area contributed by atoms with Gasteiger partial charge in [-0.2, -0.15) is 0 Å². The number of nitrogens with zero attached hydrogens (tertiary/aromatic N) is 2. The molecule has 1 heterocycles. The molecular weight excluding hydrogens is 298 g/mol. The van der Waals surface area contributed by atoms with E-state index < -0.39 is 4.92 Å². The zero-order valence-electron chi connectivity index (χ0n) is 13.5. The van der Waals surface area contributed by atoms with Gasteiger partial charge in [0.2, 0.25) is 0 Å². The molecule has 0 aromatic heterocycles. The van der Waals surface area contributed by atoms with Crippen molar-refractivity contribution in [1.29, 1.82) is 0 Å². The first kappa shape index (κ1) is 17.4. The Hall–Kier alpha value is -1.99. The molecule has 1 saturated heterocycles. The van der Waals surface area contributed by atoms with E-state index in [0.717, 1.165) is 19.6 Å². The Morgan fingerprint density at radius 3 is 3.00 bits per heavy atom. The zero-order chi connectivity index (χ0) is 16.8. The third-order valence-corrected chi connectivity index (χ3v) is 3.66. The lowest BCUT2D eigenvalue weighted by molar-refractivity contribution is -0.384. The van der Waals surface area contributed by atoms with Gasteiger partial charge in [-0.05, 0) is 12.0 Å². The van der Waals surface area contributed by atoms with Crippen molar-refractivity contribution >= 4 is 11.6 Å². The minimum atomic E-state index is -0.509. The van der Waals surface area contributed by atoms with Crippen molar-refractivity contribution < 1.29 is 14.5 Å². The van der Waals surface area contributed by atoms with Gasteiger partial charge >= 0.3 is 0 Å². The van der Waals surface area contributed by atoms with E-state index in [-0.39, 0.29) is 23.3 Å². The number of morpholine rings is 1. The second kappa shape index (κ2) is 8.03. The first-order chi connectivity index (χ1) is 11.0. The highest BCUT2D eigenvalue weighted by atomic mass is 16.6. The number of hydrogen-bond donors (Lipinski definition) is 1. The van der Waals surface area contributed by atoms with Crippen LogP contribution in [-0.4, -0.2) is 54.6 Å². The van der Waals surface area contributed by atoms with E-state index in [1.165, 1.54) is 18.2 Å². The molecule has 0 unspecified atom stereocenters. The number of benzene rings is 1. The van der Waals surface area contributed by atoms with Crippen molar-refractivity contribution in [3.63, 3.8) is 0 Å². The standard InChI is InChI=1S/C16H23N3O4/c1-12(2)10-18-6-7-23-15(11-18)9-17-16(20)13-4-3-5-14(8-13)19(21)22/h3-5,8,12,15H,6-7,9-11H2,1-2H3,(H,17,20)/t15-/m1/s1. The molecule has 0 bridgehead atoms. The molecule has 1 aliphatic rings. The van der Waals surface area contributed by atoms with E-state index in [0.29, 0.717) is 19.1 Å². The summed E-state index contributed by atoms with van der Waals surface area (Å²) in [6, 6.07) is 5.72. The fraction of sp³-hybridized carbons (Fsp3) is 0.562. The summed E-state index contributed by atoms with van der Waals surface area (Å²) in [6.45, 7) is 8.11. The highest BCUT2D eigenvalue weighted by Gasteiger charge is 2.21. The second-order valence-electron chi connectivity index (χ2n) is 6.16. The van der Waals surface area contributed by atoms with Crippen LogP contribution in [0.5, 0.6) is 0 Å². The molecule has 1 aliphatic heterocycles. The van der Waals surface area contributed by atoms with Gasteiger partial charge in [0.05, 0.1) is 17.6 Å². The minimum Gasteiger partial charge on any atom is -0.374 e. The Morgan fingerprint density at radius 2 is 2.30 bits per heavy atom. The zero-order valence-corrected chi connectivity index (χ0v) is 13.5. The maximum Gasteiger partial charge on any atom is 0.270 e. The molecular formula is C16H23N3O4. The lowest BCUT2D eigenvalue weighted by Crippen LogP contribution is -2.48. The quantitative estimate of drug-likeness (QED) is 0.636. The molecule has 7 nitrogen and oxygen atoms in total. The van der Waals surface area contributed by atoms with E-state index in [4.69, 9.17) is 4.74 Å². The van der Waals surface area contributed by atoms with E-state index in [9.17, 15) is 14.9 Å². The molecule has 0 radical (unpaired) electrons. The summed E-state index contributed by atoms with van der Waals surface area (Å²) in [5, 5.41) is 13.5. The number of rotatable bonds is 6. The Labute approximate surface area is 135 Å². The maximum absolute atomic E-state index is 12.1. The van der Waals surface area contributed by atoms with Crippen molar-refractivity contribution in [2.75, 3.05) is 32.8 Å². The number of ether oxygens (including phenoxy) is 1. The molecule has 0 saturated carbocycles. The van der Waals surface area contributed by atoms with Crippen LogP contribution in [0.4, 0.5) is 5.69 Å². The SMILES string of the molecule is CC(C)CN1CCO[C@H](CNC(=O)c2cccc([N+](=O)[O-])c2)C1. The molecule has 23 heavy (non-hydrogen) atoms. The van der Waals surface area contributed by atoms with E-state index in [1.807, 2.05) is 0 Å². The minimum absolute atomic E-state index is 0.0508. The molecule has 1 amide bonds. The normalized spacial score (nSPS) is 18.8. The molecule has 1 fully saturated rings. The summed E-state index contributed by atoms with van der Waals surface area (Å²) in [5.41, 5.74) is 0.198. The molecule has 1 atom stereocenters. The third kappa shape index (κ3) is 5.30. The van der Waals surface area contributed by atoms with E-state index in [2.05, 4.69) is 24.1 Å². The molecule has 1 N–H and O–H groups in total. The average Bonchev–Trinajstić information content (AvgIpc) is 2.52. The highest BCUT2D eigenvalue weighted by Crippen LogP contribution is 2.13. The van der Waals surface area contributed by atoms with Crippen LogP contribution in [0, 0.1) is 16.0 Å². The van der Waals surface area contributed by atoms with Crippen molar-refractivity contribution in [2.45, 2.75) is 20.0 Å². The number of carbonyl (C=O) groups is 1. The lowest BCUT2D eigenvalue weighted by atomic mass is 10.1. The van der Waals surface area contributed by atoms with E-state index in [1.54, 1.807) is 6.07 Å². The molecule has 1 aromatic carbocycles. The lowest BCUT2D eigenvalue weighted by Gasteiger charge is -2.33. The first-order valence-corrected chi connectivity index (χ1v) is 7.82. The second-order valence-corrected chi connectivity index (χ2v) is 6.16. The summed E-state index contributed by atoms with van der Waals surface area (Å²) in [5.74, 6) is 0.270. The fourth-order valence-electron chi connectivity index (χ4n) is 2.66. The summed E-state index contributed by atoms with van der Waals surface area (Å²) < 4.78 is 5.67. The number of carbonyl (C=O) groups excluding carboxylic acids is 1. The molecule has 0 spiro atoms. The maximum atomic E-state index is 12.1. The molecule has 2 rings (SSSR count). The fourth-order valence-corrected chi connectivity index (χ4v) is 2.66. The number of nitro benzene ring substituents is 1. The van der Waals surface area contributed by atoms with Crippen LogP contribution in [-0.2, 0) is 4.74 Å². The van der Waals surface area contributed by atoms with Crippen LogP contribution in [0.2, 0.25) is 0 Å². The Bertz CT molecular complexity index is 562. The molecule has 1 aromatic rings. The number of nitrogens with one attached hydrogen (secondary N) is 1. The summed E-state index contributed by atoms with van der Waals surface area (Å²) in [6.07, 6.45) is -0.0508. The molecule has 126 valence electrons. The van der Waals surface area contributed by atoms with Crippen LogP contribution < -0.4 is 5.32 Å². The van der Waals surface area contributed by atoms with Crippen LogP contribution in [0.25, 0.3) is 0 Å². The molecule has 0 aliphatic carbocycles. The van der Waals surface area contributed by atoms with Gasteiger partial charge in [-0.25, -0.2) is 0 Å². The highest BCUT2D eigenvalue weighted by molar-refractivity contribution is 5.94. The van der Waals surface area contributed by atoms with Crippen molar-refractivity contribution in [3.05, 3.63) is 39.9 Å². The number of amides is 1. The van der Waals surface area contributed by atoms with Gasteiger partial charge in [-0.15, -0.1) is 0 Å². The molecule has 7 heteroatoms. The monoisotopic (exact) mass is 321 g/mol. The summed E-state index contributed by atoms with van der Waals surface area (Å²) in [4.78, 5) is 24.7. The van der Waals surface area contributed by atoms with Crippen LogP contribution in [0.3, 0.4) is 0 Å². The van der Waals surface area contributed by atoms with Gasteiger partial charge in [0.25, 0.3) is 11.6 Å². The van der Waals surface area contributed by atoms with Gasteiger partial charge in [-0.1, -0.05) is 19.9 Å². The predicted molar refractivity (Wildman–Crippen MR) is 86.4 cm³/mol. The van der Waals surface area contributed by atoms with Crippen LogP contribution in [0.1, 0.15) is 24.2 Å². The van der Waals surface area contributed by atoms with E-state index >= 15 is 0 Å². The third-order valence-electron chi connectivity index (χ3n) is 3.66. The smallest absolute Gasteiger partial charge is 0.270 e. The predicted octanol–water partition coefficient (Wildman–Crippen LogP) is 1.68. The van der Waals surface area contributed by atoms with Crippen molar-refractivity contribution in [2.24, 2.45) is 5.92 Å². The Balaban J connectivity index is 1.86. The summed E-state index contributed by atoms with van der Waals surface area (Å²) >= 11 is 0. The summed E-state index contributed by atoms with van der Waals surface area (Å²) in [7, 11) is 0. The number of nitro groups is 1. The van der Waals surface area contributed by atoms with Crippen LogP contribution in [0.15, 0.2) is 24.3 Å². The van der Waals surface area contributed by atoms with Gasteiger partial charge in [0, 0.05) is 43.9 Å². The van der Waals surface area contributed by atoms with Gasteiger partial charge in [0.15, 0.2) is 0 Å². The van der Waals surface area contributed by atoms with Gasteiger partial charge in [0.1, 0.15) is 0 Å². The Morgan fingerprint density at radius 1 is 1.52 bits per heavy atom. The van der Waals surface area contributed by atoms with Crippen molar-refractivity contribution in [3.8, 4) is 0 Å². The van der Waals surface area contributed by atoms with Crippen molar-refractivity contribution in [1.82, 2.24) is 10.2 Å². The number of hydrogen-bond acceptors (Lipinski definition) is 5. The number of non-ortho nitro benzene ring substituents is 1. The van der Waals surface area contributed by atoms with Gasteiger partial charge < -0.3 is 10.1 Å². The topological polar surface area (TPSA) is 84.7 Å². The largest absolute Gasteiger partial charge is 0.374 e. The van der Waals surface area contributed by atoms with Gasteiger partial charge in [-0.3, -0.25) is 19.8 Å².